The number of sulfonamides is 1. The van der Waals surface area contributed by atoms with Crippen molar-refractivity contribution in [3.63, 3.8) is 0 Å². The van der Waals surface area contributed by atoms with Crippen molar-refractivity contribution in [3.05, 3.63) is 41.5 Å². The molecule has 2 aliphatic rings. The van der Waals surface area contributed by atoms with Gasteiger partial charge in [-0.25, -0.2) is 8.42 Å². The Hall–Kier alpha value is -2.41. The standard InChI is InChI=1S/C19H21NO5S/c1-12(2)25-15-5-3-14(4-6-15)20-26(21,22)19-16-8-10-23-17(16)11-13-7-9-24-18(13)19/h3-6,11-12,20H,7-10H2,1-2H3. The summed E-state index contributed by atoms with van der Waals surface area (Å²) in [5.41, 5.74) is 2.05. The molecule has 0 amide bonds. The van der Waals surface area contributed by atoms with Crippen LogP contribution in [-0.2, 0) is 22.9 Å². The molecule has 2 aliphatic heterocycles. The van der Waals surface area contributed by atoms with Crippen LogP contribution < -0.4 is 18.9 Å². The van der Waals surface area contributed by atoms with Crippen molar-refractivity contribution in [3.8, 4) is 17.2 Å². The fourth-order valence-electron chi connectivity index (χ4n) is 3.31. The molecule has 6 nitrogen and oxygen atoms in total. The van der Waals surface area contributed by atoms with Crippen molar-refractivity contribution >= 4 is 15.7 Å². The van der Waals surface area contributed by atoms with Crippen molar-refractivity contribution in [1.82, 2.24) is 0 Å². The average Bonchev–Trinajstić information content (AvgIpc) is 3.21. The lowest BCUT2D eigenvalue weighted by Gasteiger charge is -2.15. The molecule has 0 radical (unpaired) electrons. The van der Waals surface area contributed by atoms with Crippen LogP contribution in [0.4, 0.5) is 5.69 Å². The van der Waals surface area contributed by atoms with E-state index in [0.717, 1.165) is 5.56 Å². The number of ether oxygens (including phenoxy) is 3. The number of anilines is 1. The summed E-state index contributed by atoms with van der Waals surface area (Å²) in [6, 6.07) is 8.78. The van der Waals surface area contributed by atoms with Crippen LogP contribution in [0.2, 0.25) is 0 Å². The molecule has 0 aliphatic carbocycles. The monoisotopic (exact) mass is 375 g/mol. The van der Waals surface area contributed by atoms with Gasteiger partial charge in [0, 0.05) is 29.7 Å². The van der Waals surface area contributed by atoms with E-state index in [1.54, 1.807) is 24.3 Å². The van der Waals surface area contributed by atoms with Gasteiger partial charge in [-0.2, -0.15) is 0 Å². The molecule has 26 heavy (non-hydrogen) atoms. The van der Waals surface area contributed by atoms with Crippen molar-refractivity contribution in [2.75, 3.05) is 17.9 Å². The third-order valence-corrected chi connectivity index (χ3v) is 5.82. The van der Waals surface area contributed by atoms with Crippen molar-refractivity contribution in [2.45, 2.75) is 37.7 Å². The maximum Gasteiger partial charge on any atom is 0.266 e. The van der Waals surface area contributed by atoms with Crippen LogP contribution in [0.25, 0.3) is 0 Å². The molecule has 2 aromatic rings. The summed E-state index contributed by atoms with van der Waals surface area (Å²) in [6.07, 6.45) is 1.31. The molecule has 2 heterocycles. The Kier molecular flexibility index (Phi) is 4.19. The number of nitrogens with one attached hydrogen (secondary N) is 1. The molecule has 2 aromatic carbocycles. The zero-order valence-corrected chi connectivity index (χ0v) is 15.6. The highest BCUT2D eigenvalue weighted by molar-refractivity contribution is 7.92. The van der Waals surface area contributed by atoms with E-state index >= 15 is 0 Å². The van der Waals surface area contributed by atoms with E-state index in [-0.39, 0.29) is 11.0 Å². The van der Waals surface area contributed by atoms with Crippen molar-refractivity contribution in [2.24, 2.45) is 0 Å². The molecule has 1 N–H and O–H groups in total. The highest BCUT2D eigenvalue weighted by Crippen LogP contribution is 2.43. The third-order valence-electron chi connectivity index (χ3n) is 4.35. The lowest BCUT2D eigenvalue weighted by atomic mass is 10.1. The van der Waals surface area contributed by atoms with E-state index < -0.39 is 10.0 Å². The van der Waals surface area contributed by atoms with Gasteiger partial charge >= 0.3 is 0 Å². The lowest BCUT2D eigenvalue weighted by Crippen LogP contribution is -2.16. The first-order valence-electron chi connectivity index (χ1n) is 8.68. The van der Waals surface area contributed by atoms with E-state index in [1.165, 1.54) is 0 Å². The number of fused-ring (bicyclic) bond motifs is 2. The van der Waals surface area contributed by atoms with E-state index in [2.05, 4.69) is 4.72 Å². The number of hydrogen-bond donors (Lipinski definition) is 1. The second kappa shape index (κ2) is 6.39. The Morgan fingerprint density at radius 2 is 1.81 bits per heavy atom. The Balaban J connectivity index is 1.68. The minimum atomic E-state index is -3.80. The Morgan fingerprint density at radius 3 is 2.54 bits per heavy atom. The normalized spacial score (nSPS) is 15.2. The molecule has 4 rings (SSSR count). The third kappa shape index (κ3) is 3.07. The summed E-state index contributed by atoms with van der Waals surface area (Å²) in [6.45, 7) is 4.86. The molecule has 138 valence electrons. The van der Waals surface area contributed by atoms with Gasteiger partial charge in [0.15, 0.2) is 0 Å². The van der Waals surface area contributed by atoms with Gasteiger partial charge in [-0.3, -0.25) is 4.72 Å². The number of hydrogen-bond acceptors (Lipinski definition) is 5. The average molecular weight is 375 g/mol. The van der Waals surface area contributed by atoms with Crippen molar-refractivity contribution < 1.29 is 22.6 Å². The number of rotatable bonds is 5. The molecule has 0 unspecified atom stereocenters. The molecule has 0 aromatic heterocycles. The first kappa shape index (κ1) is 17.0. The van der Waals surface area contributed by atoms with Gasteiger partial charge in [-0.05, 0) is 44.2 Å². The Labute approximate surface area is 153 Å². The van der Waals surface area contributed by atoms with Crippen molar-refractivity contribution in [1.29, 1.82) is 0 Å². The molecule has 7 heteroatoms. The molecule has 0 atom stereocenters. The quantitative estimate of drug-likeness (QED) is 0.869. The molecule has 0 saturated heterocycles. The summed E-state index contributed by atoms with van der Waals surface area (Å²) in [4.78, 5) is 0.211. The molecule has 0 spiro atoms. The van der Waals surface area contributed by atoms with Crippen LogP contribution in [0.15, 0.2) is 35.2 Å². The van der Waals surface area contributed by atoms with E-state index in [1.807, 2.05) is 19.9 Å². The minimum Gasteiger partial charge on any atom is -0.493 e. The maximum atomic E-state index is 13.1. The van der Waals surface area contributed by atoms with E-state index in [9.17, 15) is 8.42 Å². The number of benzene rings is 2. The summed E-state index contributed by atoms with van der Waals surface area (Å²) < 4.78 is 45.7. The van der Waals surface area contributed by atoms with E-state index in [0.29, 0.717) is 54.6 Å². The van der Waals surface area contributed by atoms with Gasteiger partial charge in [0.1, 0.15) is 22.1 Å². The largest absolute Gasteiger partial charge is 0.493 e. The minimum absolute atomic E-state index is 0.0594. The predicted molar refractivity (Wildman–Crippen MR) is 97.9 cm³/mol. The summed E-state index contributed by atoms with van der Waals surface area (Å²) in [5.74, 6) is 1.80. The summed E-state index contributed by atoms with van der Waals surface area (Å²) in [7, 11) is -3.80. The molecule has 0 saturated carbocycles. The Morgan fingerprint density at radius 1 is 1.08 bits per heavy atom. The zero-order valence-electron chi connectivity index (χ0n) is 14.7. The van der Waals surface area contributed by atoms with Gasteiger partial charge in [0.05, 0.1) is 19.3 Å². The van der Waals surface area contributed by atoms with Crippen LogP contribution in [0.3, 0.4) is 0 Å². The van der Waals surface area contributed by atoms with Gasteiger partial charge < -0.3 is 14.2 Å². The molecule has 0 fully saturated rings. The van der Waals surface area contributed by atoms with Crippen LogP contribution in [0.1, 0.15) is 25.0 Å². The molecular formula is C19H21NO5S. The lowest BCUT2D eigenvalue weighted by molar-refractivity contribution is 0.242. The molecule has 0 bridgehead atoms. The fraction of sp³-hybridized carbons (Fsp3) is 0.368. The topological polar surface area (TPSA) is 73.9 Å². The zero-order chi connectivity index (χ0) is 18.3. The van der Waals surface area contributed by atoms with Gasteiger partial charge in [-0.1, -0.05) is 0 Å². The van der Waals surface area contributed by atoms with Crippen LogP contribution in [-0.4, -0.2) is 27.7 Å². The first-order chi connectivity index (χ1) is 12.4. The van der Waals surface area contributed by atoms with Crippen LogP contribution >= 0.6 is 0 Å². The fourth-order valence-corrected chi connectivity index (χ4v) is 4.81. The highest BCUT2D eigenvalue weighted by atomic mass is 32.2. The summed E-state index contributed by atoms with van der Waals surface area (Å²) >= 11 is 0. The smallest absolute Gasteiger partial charge is 0.266 e. The second-order valence-corrected chi connectivity index (χ2v) is 8.28. The van der Waals surface area contributed by atoms with Crippen LogP contribution in [0, 0.1) is 0 Å². The van der Waals surface area contributed by atoms with Gasteiger partial charge in [0.2, 0.25) is 0 Å². The predicted octanol–water partition coefficient (Wildman–Crippen LogP) is 3.14. The van der Waals surface area contributed by atoms with Crippen LogP contribution in [0.5, 0.6) is 17.2 Å². The first-order valence-corrected chi connectivity index (χ1v) is 10.2. The van der Waals surface area contributed by atoms with Gasteiger partial charge in [-0.15, -0.1) is 0 Å². The van der Waals surface area contributed by atoms with Gasteiger partial charge in [0.25, 0.3) is 10.0 Å². The second-order valence-electron chi connectivity index (χ2n) is 6.66. The maximum absolute atomic E-state index is 13.1. The highest BCUT2D eigenvalue weighted by Gasteiger charge is 2.33. The Bertz CT molecular complexity index is 903. The molecular weight excluding hydrogens is 354 g/mol. The van der Waals surface area contributed by atoms with E-state index in [4.69, 9.17) is 14.2 Å². The summed E-state index contributed by atoms with van der Waals surface area (Å²) in [5, 5.41) is 0. The SMILES string of the molecule is CC(C)Oc1ccc(NS(=O)(=O)c2c3c(cc4c2OCC4)OCC3)cc1.